The average Bonchev–Trinajstić information content (AvgIpc) is 2.78. The highest BCUT2D eigenvalue weighted by molar-refractivity contribution is 5.95. The third kappa shape index (κ3) is 5.46. The van der Waals surface area contributed by atoms with E-state index in [1.54, 1.807) is 13.2 Å². The number of benzene rings is 3. The number of nitrogens with one attached hydrogen (secondary N) is 1. The Morgan fingerprint density at radius 1 is 0.931 bits per heavy atom. The van der Waals surface area contributed by atoms with Crippen molar-refractivity contribution in [3.63, 3.8) is 0 Å². The molecule has 1 amide bonds. The van der Waals surface area contributed by atoms with Crippen molar-refractivity contribution in [3.8, 4) is 5.75 Å². The Morgan fingerprint density at radius 3 is 2.10 bits per heavy atom. The van der Waals surface area contributed by atoms with Gasteiger partial charge in [0.1, 0.15) is 5.75 Å². The lowest BCUT2D eigenvalue weighted by Gasteiger charge is -2.20. The normalized spacial score (nSPS) is 10.7. The summed E-state index contributed by atoms with van der Waals surface area (Å²) in [5.74, 6) is 0.586. The van der Waals surface area contributed by atoms with Crippen LogP contribution < -0.4 is 10.1 Å². The minimum absolute atomic E-state index is 0.137. The molecule has 0 saturated carbocycles. The first-order valence-corrected chi connectivity index (χ1v) is 9.88. The first-order valence-electron chi connectivity index (χ1n) is 9.88. The summed E-state index contributed by atoms with van der Waals surface area (Å²) in [5.41, 5.74) is 3.52. The number of carbonyl (C=O) groups is 1. The molecule has 0 spiro atoms. The lowest BCUT2D eigenvalue weighted by atomic mass is 9.98. The van der Waals surface area contributed by atoms with Gasteiger partial charge >= 0.3 is 0 Å². The topological polar surface area (TPSA) is 47.6 Å². The van der Waals surface area contributed by atoms with Crippen LogP contribution in [-0.2, 0) is 11.3 Å². The van der Waals surface area contributed by atoms with Crippen molar-refractivity contribution in [2.45, 2.75) is 26.0 Å². The zero-order chi connectivity index (χ0) is 20.5. The zero-order valence-corrected chi connectivity index (χ0v) is 16.9. The van der Waals surface area contributed by atoms with Crippen LogP contribution >= 0.6 is 0 Å². The van der Waals surface area contributed by atoms with Gasteiger partial charge in [-0.3, -0.25) is 4.79 Å². The van der Waals surface area contributed by atoms with Crippen molar-refractivity contribution >= 4 is 5.91 Å². The maximum absolute atomic E-state index is 13.1. The lowest BCUT2D eigenvalue weighted by Crippen LogP contribution is -2.29. The van der Waals surface area contributed by atoms with Crippen LogP contribution in [0.15, 0.2) is 78.9 Å². The van der Waals surface area contributed by atoms with Crippen LogP contribution in [0.1, 0.15) is 46.4 Å². The predicted octanol–water partition coefficient (Wildman–Crippen LogP) is 5.14. The highest BCUT2D eigenvalue weighted by Gasteiger charge is 2.18. The van der Waals surface area contributed by atoms with Crippen molar-refractivity contribution in [1.29, 1.82) is 0 Å². The van der Waals surface area contributed by atoms with E-state index in [2.05, 4.69) is 12.2 Å². The molecule has 150 valence electrons. The molecule has 0 unspecified atom stereocenters. The molecule has 4 nitrogen and oxygen atoms in total. The third-order valence-corrected chi connectivity index (χ3v) is 4.69. The fraction of sp³-hybridized carbons (Fsp3) is 0.240. The SMILES string of the molecule is CCCOCc1cc(C(=O)NC(c2ccccc2)c2ccccc2)ccc1OC. The number of rotatable bonds is 9. The smallest absolute Gasteiger partial charge is 0.252 e. The van der Waals surface area contributed by atoms with Gasteiger partial charge in [0, 0.05) is 17.7 Å². The van der Waals surface area contributed by atoms with E-state index < -0.39 is 0 Å². The van der Waals surface area contributed by atoms with Crippen molar-refractivity contribution in [3.05, 3.63) is 101 Å². The maximum atomic E-state index is 13.1. The summed E-state index contributed by atoms with van der Waals surface area (Å²) in [6.45, 7) is 3.15. The fourth-order valence-corrected chi connectivity index (χ4v) is 3.22. The van der Waals surface area contributed by atoms with Gasteiger partial charge < -0.3 is 14.8 Å². The average molecular weight is 389 g/mol. The van der Waals surface area contributed by atoms with Crippen LogP contribution in [0.5, 0.6) is 5.75 Å². The molecule has 4 heteroatoms. The van der Waals surface area contributed by atoms with Gasteiger partial charge in [-0.2, -0.15) is 0 Å². The molecule has 0 aliphatic rings. The molecule has 0 atom stereocenters. The van der Waals surface area contributed by atoms with Crippen molar-refractivity contribution < 1.29 is 14.3 Å². The summed E-state index contributed by atoms with van der Waals surface area (Å²) in [6.07, 6.45) is 0.943. The Labute approximate surface area is 172 Å². The first kappa shape index (κ1) is 20.6. The molecule has 3 aromatic carbocycles. The standard InChI is InChI=1S/C25H27NO3/c1-3-16-29-18-22-17-21(14-15-23(22)28-2)25(27)26-24(19-10-6-4-7-11-19)20-12-8-5-9-13-20/h4-15,17,24H,3,16,18H2,1-2H3,(H,26,27). The second-order valence-corrected chi connectivity index (χ2v) is 6.81. The minimum Gasteiger partial charge on any atom is -0.496 e. The Bertz CT molecular complexity index is 870. The fourth-order valence-electron chi connectivity index (χ4n) is 3.22. The molecule has 0 fully saturated rings. The van der Waals surface area contributed by atoms with Gasteiger partial charge in [0.15, 0.2) is 0 Å². The molecule has 3 rings (SSSR count). The van der Waals surface area contributed by atoms with E-state index in [0.29, 0.717) is 18.8 Å². The maximum Gasteiger partial charge on any atom is 0.252 e. The van der Waals surface area contributed by atoms with Gasteiger partial charge in [-0.05, 0) is 35.7 Å². The molecule has 0 bridgehead atoms. The first-order chi connectivity index (χ1) is 14.2. The van der Waals surface area contributed by atoms with Gasteiger partial charge in [-0.15, -0.1) is 0 Å². The van der Waals surface area contributed by atoms with Crippen LogP contribution in [0.4, 0.5) is 0 Å². The summed E-state index contributed by atoms with van der Waals surface area (Å²) < 4.78 is 11.1. The molecular formula is C25H27NO3. The van der Waals surface area contributed by atoms with E-state index in [4.69, 9.17) is 9.47 Å². The summed E-state index contributed by atoms with van der Waals surface area (Å²) in [6, 6.07) is 25.2. The quantitative estimate of drug-likeness (QED) is 0.516. The molecule has 0 aromatic heterocycles. The van der Waals surface area contributed by atoms with Gasteiger partial charge in [-0.25, -0.2) is 0 Å². The Kier molecular flexibility index (Phi) is 7.42. The minimum atomic E-state index is -0.230. The monoisotopic (exact) mass is 389 g/mol. The second kappa shape index (κ2) is 10.4. The molecule has 1 N–H and O–H groups in total. The second-order valence-electron chi connectivity index (χ2n) is 6.81. The van der Waals surface area contributed by atoms with E-state index in [1.165, 1.54) is 0 Å². The van der Waals surface area contributed by atoms with E-state index in [9.17, 15) is 4.79 Å². The van der Waals surface area contributed by atoms with E-state index in [-0.39, 0.29) is 11.9 Å². The summed E-state index contributed by atoms with van der Waals surface area (Å²) in [5, 5.41) is 3.18. The Balaban J connectivity index is 1.85. The molecule has 0 radical (unpaired) electrons. The highest BCUT2D eigenvalue weighted by atomic mass is 16.5. The molecule has 0 heterocycles. The van der Waals surface area contributed by atoms with Crippen molar-refractivity contribution in [2.75, 3.05) is 13.7 Å². The van der Waals surface area contributed by atoms with E-state index >= 15 is 0 Å². The molecule has 0 aliphatic carbocycles. The predicted molar refractivity (Wildman–Crippen MR) is 115 cm³/mol. The van der Waals surface area contributed by atoms with E-state index in [0.717, 1.165) is 28.9 Å². The molecule has 29 heavy (non-hydrogen) atoms. The lowest BCUT2D eigenvalue weighted by molar-refractivity contribution is 0.0942. The van der Waals surface area contributed by atoms with Gasteiger partial charge in [0.05, 0.1) is 19.8 Å². The summed E-state index contributed by atoms with van der Waals surface area (Å²) in [4.78, 5) is 13.1. The number of amides is 1. The zero-order valence-electron chi connectivity index (χ0n) is 16.9. The van der Waals surface area contributed by atoms with Gasteiger partial charge in [0.25, 0.3) is 5.91 Å². The summed E-state index contributed by atoms with van der Waals surface area (Å²) in [7, 11) is 1.62. The number of carbonyl (C=O) groups excluding carboxylic acids is 1. The molecule has 0 saturated heterocycles. The molecule has 3 aromatic rings. The number of methoxy groups -OCH3 is 1. The van der Waals surface area contributed by atoms with Crippen LogP contribution in [0.3, 0.4) is 0 Å². The number of hydrogen-bond acceptors (Lipinski definition) is 3. The number of ether oxygens (including phenoxy) is 2. The van der Waals surface area contributed by atoms with Crippen molar-refractivity contribution in [1.82, 2.24) is 5.32 Å². The van der Waals surface area contributed by atoms with E-state index in [1.807, 2.05) is 72.8 Å². The Hall–Kier alpha value is -3.11. The van der Waals surface area contributed by atoms with Gasteiger partial charge in [-0.1, -0.05) is 67.6 Å². The molecular weight excluding hydrogens is 362 g/mol. The Morgan fingerprint density at radius 2 is 1.55 bits per heavy atom. The van der Waals surface area contributed by atoms with Crippen LogP contribution in [0, 0.1) is 0 Å². The largest absolute Gasteiger partial charge is 0.496 e. The van der Waals surface area contributed by atoms with Crippen LogP contribution in [0.25, 0.3) is 0 Å². The highest BCUT2D eigenvalue weighted by Crippen LogP contribution is 2.24. The third-order valence-electron chi connectivity index (χ3n) is 4.69. The van der Waals surface area contributed by atoms with Gasteiger partial charge in [0.2, 0.25) is 0 Å². The summed E-state index contributed by atoms with van der Waals surface area (Å²) >= 11 is 0. The van der Waals surface area contributed by atoms with Crippen molar-refractivity contribution in [2.24, 2.45) is 0 Å². The van der Waals surface area contributed by atoms with Crippen LogP contribution in [0.2, 0.25) is 0 Å². The van der Waals surface area contributed by atoms with Crippen LogP contribution in [-0.4, -0.2) is 19.6 Å². The number of hydrogen-bond donors (Lipinski definition) is 1. The molecule has 0 aliphatic heterocycles.